The maximum atomic E-state index is 12.1. The summed E-state index contributed by atoms with van der Waals surface area (Å²) in [5, 5.41) is 7.13. The van der Waals surface area contributed by atoms with Gasteiger partial charge in [0, 0.05) is 30.4 Å². The van der Waals surface area contributed by atoms with Gasteiger partial charge in [0.05, 0.1) is 5.56 Å². The average Bonchev–Trinajstić information content (AvgIpc) is 2.97. The summed E-state index contributed by atoms with van der Waals surface area (Å²) in [7, 11) is 0. The monoisotopic (exact) mass is 230 g/mol. The summed E-state index contributed by atoms with van der Waals surface area (Å²) in [5.41, 5.74) is 1.44. The van der Waals surface area contributed by atoms with Crippen molar-refractivity contribution < 1.29 is 4.79 Å². The van der Waals surface area contributed by atoms with Crippen LogP contribution in [-0.4, -0.2) is 35.0 Å². The quantitative estimate of drug-likeness (QED) is 0.709. The maximum absolute atomic E-state index is 12.1. The molecule has 0 aliphatic carbocycles. The smallest absolute Gasteiger partial charge is 0.252 e. The van der Waals surface area contributed by atoms with Crippen LogP contribution < -0.4 is 10.6 Å². The molecule has 3 heterocycles. The zero-order valence-electron chi connectivity index (χ0n) is 9.36. The van der Waals surface area contributed by atoms with E-state index in [1.165, 1.54) is 0 Å². The molecule has 0 unspecified atom stereocenters. The van der Waals surface area contributed by atoms with Gasteiger partial charge in [-0.15, -0.1) is 0 Å². The third kappa shape index (κ3) is 1.89. The number of fused-ring (bicyclic) bond motifs is 1. The molecule has 1 fully saturated rings. The van der Waals surface area contributed by atoms with Crippen molar-refractivity contribution in [1.82, 2.24) is 20.6 Å². The second-order valence-corrected chi connectivity index (χ2v) is 4.26. The lowest BCUT2D eigenvalue weighted by molar-refractivity contribution is 0.0941. The molecule has 17 heavy (non-hydrogen) atoms. The highest BCUT2D eigenvalue weighted by Crippen LogP contribution is 2.15. The summed E-state index contributed by atoms with van der Waals surface area (Å²) in [6, 6.07) is 3.88. The number of rotatable bonds is 2. The van der Waals surface area contributed by atoms with Gasteiger partial charge in [0.1, 0.15) is 5.65 Å². The van der Waals surface area contributed by atoms with E-state index in [0.717, 1.165) is 30.5 Å². The fourth-order valence-corrected chi connectivity index (χ4v) is 2.20. The highest BCUT2D eigenvalue weighted by Gasteiger charge is 2.18. The molecule has 3 N–H and O–H groups in total. The minimum atomic E-state index is -0.0225. The topological polar surface area (TPSA) is 69.8 Å². The van der Waals surface area contributed by atoms with E-state index >= 15 is 0 Å². The van der Waals surface area contributed by atoms with Crippen LogP contribution in [0.2, 0.25) is 0 Å². The number of pyridine rings is 1. The Morgan fingerprint density at radius 1 is 1.47 bits per heavy atom. The Morgan fingerprint density at radius 3 is 3.24 bits per heavy atom. The van der Waals surface area contributed by atoms with Gasteiger partial charge in [0.25, 0.3) is 5.91 Å². The Labute approximate surface area is 98.6 Å². The first-order chi connectivity index (χ1) is 8.34. The fraction of sp³-hybridized carbons (Fsp3) is 0.333. The van der Waals surface area contributed by atoms with Crippen LogP contribution >= 0.6 is 0 Å². The molecule has 2 aromatic rings. The third-order valence-electron chi connectivity index (χ3n) is 3.10. The number of amides is 1. The summed E-state index contributed by atoms with van der Waals surface area (Å²) in [4.78, 5) is 19.3. The molecule has 1 aliphatic rings. The molecule has 1 aliphatic heterocycles. The van der Waals surface area contributed by atoms with E-state index in [1.807, 2.05) is 6.07 Å². The molecule has 1 atom stereocenters. The fourth-order valence-electron chi connectivity index (χ4n) is 2.20. The standard InChI is InChI=1S/C12H14N4O/c17-12(16-8-1-4-13-7-8)10-3-6-15-11-9(10)2-5-14-11/h2-3,5-6,8,13H,1,4,7H2,(H,14,15)(H,16,17)/t8-/m0/s1. The number of carbonyl (C=O) groups excluding carboxylic acids is 1. The van der Waals surface area contributed by atoms with Gasteiger partial charge in [-0.3, -0.25) is 4.79 Å². The van der Waals surface area contributed by atoms with E-state index in [9.17, 15) is 4.79 Å². The number of carbonyl (C=O) groups is 1. The van der Waals surface area contributed by atoms with E-state index in [1.54, 1.807) is 18.5 Å². The Morgan fingerprint density at radius 2 is 2.41 bits per heavy atom. The number of nitrogens with zero attached hydrogens (tertiary/aromatic N) is 1. The molecule has 2 aromatic heterocycles. The minimum Gasteiger partial charge on any atom is -0.348 e. The molecule has 88 valence electrons. The van der Waals surface area contributed by atoms with Crippen LogP contribution in [0.3, 0.4) is 0 Å². The van der Waals surface area contributed by atoms with Crippen LogP contribution in [0, 0.1) is 0 Å². The lowest BCUT2D eigenvalue weighted by Gasteiger charge is -2.11. The van der Waals surface area contributed by atoms with Gasteiger partial charge in [-0.05, 0) is 25.1 Å². The Bertz CT molecular complexity index is 542. The molecular formula is C12H14N4O. The van der Waals surface area contributed by atoms with Crippen molar-refractivity contribution in [3.8, 4) is 0 Å². The molecule has 3 rings (SSSR count). The van der Waals surface area contributed by atoms with Crippen LogP contribution in [0.15, 0.2) is 24.5 Å². The van der Waals surface area contributed by atoms with E-state index in [4.69, 9.17) is 0 Å². The predicted molar refractivity (Wildman–Crippen MR) is 64.8 cm³/mol. The molecule has 0 aromatic carbocycles. The lowest BCUT2D eigenvalue weighted by atomic mass is 10.1. The van der Waals surface area contributed by atoms with Gasteiger partial charge in [0.2, 0.25) is 0 Å². The molecule has 0 saturated carbocycles. The first kappa shape index (κ1) is 10.3. The van der Waals surface area contributed by atoms with Crippen LogP contribution in [0.25, 0.3) is 11.0 Å². The molecule has 0 spiro atoms. The summed E-state index contributed by atoms with van der Waals surface area (Å²) in [5.74, 6) is -0.0225. The van der Waals surface area contributed by atoms with Crippen LogP contribution in [0.5, 0.6) is 0 Å². The van der Waals surface area contributed by atoms with E-state index in [-0.39, 0.29) is 11.9 Å². The van der Waals surface area contributed by atoms with Crippen LogP contribution in [-0.2, 0) is 0 Å². The van der Waals surface area contributed by atoms with Gasteiger partial charge in [-0.25, -0.2) is 4.98 Å². The van der Waals surface area contributed by atoms with Gasteiger partial charge >= 0.3 is 0 Å². The summed E-state index contributed by atoms with van der Waals surface area (Å²) < 4.78 is 0. The Balaban J connectivity index is 1.87. The lowest BCUT2D eigenvalue weighted by Crippen LogP contribution is -2.36. The zero-order chi connectivity index (χ0) is 11.7. The second-order valence-electron chi connectivity index (χ2n) is 4.26. The number of aromatic amines is 1. The van der Waals surface area contributed by atoms with Gasteiger partial charge in [-0.1, -0.05) is 0 Å². The highest BCUT2D eigenvalue weighted by atomic mass is 16.1. The number of hydrogen-bond donors (Lipinski definition) is 3. The zero-order valence-corrected chi connectivity index (χ0v) is 9.36. The Kier molecular flexibility index (Phi) is 2.53. The molecule has 1 amide bonds. The van der Waals surface area contributed by atoms with Gasteiger partial charge in [-0.2, -0.15) is 0 Å². The van der Waals surface area contributed by atoms with Crippen molar-refractivity contribution >= 4 is 16.9 Å². The van der Waals surface area contributed by atoms with Crippen LogP contribution in [0.1, 0.15) is 16.8 Å². The average molecular weight is 230 g/mol. The summed E-state index contributed by atoms with van der Waals surface area (Å²) in [6.07, 6.45) is 4.44. The maximum Gasteiger partial charge on any atom is 0.252 e. The normalized spacial score (nSPS) is 19.6. The molecule has 5 nitrogen and oxygen atoms in total. The number of hydrogen-bond acceptors (Lipinski definition) is 3. The molecule has 0 bridgehead atoms. The number of H-pyrrole nitrogens is 1. The Hall–Kier alpha value is -1.88. The first-order valence-electron chi connectivity index (χ1n) is 5.78. The van der Waals surface area contributed by atoms with E-state index in [2.05, 4.69) is 20.6 Å². The van der Waals surface area contributed by atoms with Crippen molar-refractivity contribution in [3.63, 3.8) is 0 Å². The van der Waals surface area contributed by atoms with Gasteiger partial charge < -0.3 is 15.6 Å². The number of aromatic nitrogens is 2. The molecule has 1 saturated heterocycles. The summed E-state index contributed by atoms with van der Waals surface area (Å²) >= 11 is 0. The highest BCUT2D eigenvalue weighted by molar-refractivity contribution is 6.05. The predicted octanol–water partition coefficient (Wildman–Crippen LogP) is 0.655. The molecule has 5 heteroatoms. The van der Waals surface area contributed by atoms with Crippen molar-refractivity contribution in [2.75, 3.05) is 13.1 Å². The van der Waals surface area contributed by atoms with Crippen molar-refractivity contribution in [2.24, 2.45) is 0 Å². The van der Waals surface area contributed by atoms with Crippen molar-refractivity contribution in [1.29, 1.82) is 0 Å². The summed E-state index contributed by atoms with van der Waals surface area (Å²) in [6.45, 7) is 1.83. The molecule has 0 radical (unpaired) electrons. The number of nitrogens with one attached hydrogen (secondary N) is 3. The SMILES string of the molecule is O=C(N[C@H]1CCNC1)c1ccnc2[nH]ccc12. The largest absolute Gasteiger partial charge is 0.348 e. The minimum absolute atomic E-state index is 0.0225. The van der Waals surface area contributed by atoms with Crippen LogP contribution in [0.4, 0.5) is 0 Å². The second kappa shape index (κ2) is 4.18. The van der Waals surface area contributed by atoms with E-state index < -0.39 is 0 Å². The van der Waals surface area contributed by atoms with Gasteiger partial charge in [0.15, 0.2) is 0 Å². The molecular weight excluding hydrogens is 216 g/mol. The van der Waals surface area contributed by atoms with Crippen molar-refractivity contribution in [2.45, 2.75) is 12.5 Å². The van der Waals surface area contributed by atoms with Crippen molar-refractivity contribution in [3.05, 3.63) is 30.1 Å². The van der Waals surface area contributed by atoms with E-state index in [0.29, 0.717) is 5.56 Å². The third-order valence-corrected chi connectivity index (χ3v) is 3.10. The first-order valence-corrected chi connectivity index (χ1v) is 5.78.